The molecule has 1 aliphatic heterocycles. The van der Waals surface area contributed by atoms with E-state index in [9.17, 15) is 9.18 Å². The zero-order valence-electron chi connectivity index (χ0n) is 14.7. The van der Waals surface area contributed by atoms with Gasteiger partial charge in [-0.05, 0) is 55.8 Å². The average Bonchev–Trinajstić information content (AvgIpc) is 3.37. The minimum Gasteiger partial charge on any atom is -0.346 e. The first-order chi connectivity index (χ1) is 12.7. The van der Waals surface area contributed by atoms with E-state index >= 15 is 0 Å². The summed E-state index contributed by atoms with van der Waals surface area (Å²) in [4.78, 5) is 19.3. The van der Waals surface area contributed by atoms with E-state index in [1.807, 2.05) is 23.7 Å². The first-order valence-electron chi connectivity index (χ1n) is 9.35. The summed E-state index contributed by atoms with van der Waals surface area (Å²) in [6.45, 7) is 2.78. The second kappa shape index (κ2) is 7.84. The van der Waals surface area contributed by atoms with Crippen LogP contribution in [0.1, 0.15) is 42.3 Å². The molecule has 2 atom stereocenters. The molecule has 1 saturated carbocycles. The summed E-state index contributed by atoms with van der Waals surface area (Å²) in [5.41, 5.74) is 1.12. The van der Waals surface area contributed by atoms with E-state index in [-0.39, 0.29) is 23.7 Å². The number of aromatic nitrogens is 1. The number of hydrogen-bond donors (Lipinski definition) is 1. The number of hydrogen-bond acceptors (Lipinski definition) is 4. The van der Waals surface area contributed by atoms with Gasteiger partial charge in [0.15, 0.2) is 0 Å². The summed E-state index contributed by atoms with van der Waals surface area (Å²) in [5.74, 6) is 0.548. The Morgan fingerprint density at radius 1 is 1.31 bits per heavy atom. The summed E-state index contributed by atoms with van der Waals surface area (Å²) in [6, 6.07) is 6.74. The van der Waals surface area contributed by atoms with Gasteiger partial charge in [0.2, 0.25) is 5.91 Å². The Kier molecular flexibility index (Phi) is 5.31. The molecule has 2 aliphatic rings. The molecule has 2 fully saturated rings. The SMILES string of the molecule is O=C(NC(c1nccs1)C1CCCN(Cc2ccc(F)cc2)C1)C1CC1. The van der Waals surface area contributed by atoms with Crippen LogP contribution in [0.4, 0.5) is 4.39 Å². The molecule has 4 nitrogen and oxygen atoms in total. The minimum atomic E-state index is -0.197. The van der Waals surface area contributed by atoms with E-state index < -0.39 is 0 Å². The van der Waals surface area contributed by atoms with Crippen molar-refractivity contribution < 1.29 is 9.18 Å². The predicted molar refractivity (Wildman–Crippen MR) is 100 cm³/mol. The highest BCUT2D eigenvalue weighted by Crippen LogP contribution is 2.34. The Morgan fingerprint density at radius 3 is 2.81 bits per heavy atom. The average molecular weight is 373 g/mol. The monoisotopic (exact) mass is 373 g/mol. The Labute approximate surface area is 157 Å². The van der Waals surface area contributed by atoms with Gasteiger partial charge in [-0.1, -0.05) is 12.1 Å². The third-order valence-electron chi connectivity index (χ3n) is 5.30. The maximum atomic E-state index is 13.1. The lowest BCUT2D eigenvalue weighted by atomic mass is 9.90. The van der Waals surface area contributed by atoms with Crippen LogP contribution in [0.25, 0.3) is 0 Å². The van der Waals surface area contributed by atoms with Crippen LogP contribution < -0.4 is 5.32 Å². The van der Waals surface area contributed by atoms with Crippen molar-refractivity contribution in [3.05, 3.63) is 52.2 Å². The van der Waals surface area contributed by atoms with Gasteiger partial charge in [0.25, 0.3) is 0 Å². The van der Waals surface area contributed by atoms with Crippen molar-refractivity contribution in [1.29, 1.82) is 0 Å². The van der Waals surface area contributed by atoms with E-state index in [0.29, 0.717) is 5.92 Å². The third-order valence-corrected chi connectivity index (χ3v) is 6.15. The molecule has 0 bridgehead atoms. The highest BCUT2D eigenvalue weighted by Gasteiger charge is 2.35. The third kappa shape index (κ3) is 4.30. The number of halogens is 1. The lowest BCUT2D eigenvalue weighted by molar-refractivity contribution is -0.123. The fourth-order valence-corrected chi connectivity index (χ4v) is 4.52. The largest absolute Gasteiger partial charge is 0.346 e. The van der Waals surface area contributed by atoms with Crippen LogP contribution in [0.5, 0.6) is 0 Å². The van der Waals surface area contributed by atoms with Crippen molar-refractivity contribution in [3.63, 3.8) is 0 Å². The summed E-state index contributed by atoms with van der Waals surface area (Å²) < 4.78 is 13.1. The summed E-state index contributed by atoms with van der Waals surface area (Å²) in [5, 5.41) is 6.26. The van der Waals surface area contributed by atoms with Gasteiger partial charge in [-0.25, -0.2) is 9.37 Å². The maximum Gasteiger partial charge on any atom is 0.223 e. The Hall–Kier alpha value is -1.79. The van der Waals surface area contributed by atoms with Gasteiger partial charge in [0.05, 0.1) is 6.04 Å². The fourth-order valence-electron chi connectivity index (χ4n) is 3.74. The number of thiazole rings is 1. The zero-order valence-corrected chi connectivity index (χ0v) is 15.6. The van der Waals surface area contributed by atoms with Gasteiger partial charge < -0.3 is 5.32 Å². The van der Waals surface area contributed by atoms with Crippen molar-refractivity contribution in [2.75, 3.05) is 13.1 Å². The molecule has 1 amide bonds. The number of carbonyl (C=O) groups excluding carboxylic acids is 1. The second-order valence-corrected chi connectivity index (χ2v) is 8.32. The maximum absolute atomic E-state index is 13.1. The van der Waals surface area contributed by atoms with Gasteiger partial charge in [-0.2, -0.15) is 0 Å². The van der Waals surface area contributed by atoms with Crippen molar-refractivity contribution in [1.82, 2.24) is 15.2 Å². The highest BCUT2D eigenvalue weighted by atomic mass is 32.1. The first-order valence-corrected chi connectivity index (χ1v) is 10.2. The lowest BCUT2D eigenvalue weighted by Gasteiger charge is -2.36. The molecule has 1 N–H and O–H groups in total. The van der Waals surface area contributed by atoms with Crippen LogP contribution in [-0.2, 0) is 11.3 Å². The first kappa shape index (κ1) is 17.6. The standard InChI is InChI=1S/C20H24FN3OS/c21-17-7-3-14(4-8-17)12-24-10-1-2-16(13-24)18(20-22-9-11-26-20)23-19(25)15-5-6-15/h3-4,7-9,11,15-16,18H,1-2,5-6,10,12-13H2,(H,23,25). The molecular weight excluding hydrogens is 349 g/mol. The number of rotatable bonds is 6. The number of nitrogens with one attached hydrogen (secondary N) is 1. The molecule has 1 aromatic carbocycles. The molecule has 1 saturated heterocycles. The number of benzene rings is 1. The smallest absolute Gasteiger partial charge is 0.223 e. The zero-order chi connectivity index (χ0) is 17.9. The van der Waals surface area contributed by atoms with E-state index in [4.69, 9.17) is 0 Å². The Bertz CT molecular complexity index is 730. The van der Waals surface area contributed by atoms with E-state index in [2.05, 4.69) is 15.2 Å². The minimum absolute atomic E-state index is 0.000817. The molecule has 1 aromatic heterocycles. The quantitative estimate of drug-likeness (QED) is 0.839. The molecule has 6 heteroatoms. The molecule has 26 heavy (non-hydrogen) atoms. The van der Waals surface area contributed by atoms with Crippen LogP contribution >= 0.6 is 11.3 Å². The Balaban J connectivity index is 1.44. The van der Waals surface area contributed by atoms with Crippen LogP contribution in [0.3, 0.4) is 0 Å². The van der Waals surface area contributed by atoms with Crippen molar-refractivity contribution >= 4 is 17.2 Å². The van der Waals surface area contributed by atoms with Crippen LogP contribution in [-0.4, -0.2) is 28.9 Å². The van der Waals surface area contributed by atoms with E-state index in [1.165, 1.54) is 12.1 Å². The van der Waals surface area contributed by atoms with Crippen molar-refractivity contribution in [2.24, 2.45) is 11.8 Å². The van der Waals surface area contributed by atoms with Crippen LogP contribution in [0.15, 0.2) is 35.8 Å². The topological polar surface area (TPSA) is 45.2 Å². The molecule has 1 aliphatic carbocycles. The van der Waals surface area contributed by atoms with Gasteiger partial charge >= 0.3 is 0 Å². The van der Waals surface area contributed by atoms with Gasteiger partial charge in [-0.3, -0.25) is 9.69 Å². The van der Waals surface area contributed by atoms with Crippen LogP contribution in [0, 0.1) is 17.7 Å². The molecule has 2 aromatic rings. The summed E-state index contributed by atoms with van der Waals surface area (Å²) in [6.07, 6.45) is 6.03. The molecule has 0 spiro atoms. The number of carbonyl (C=O) groups is 1. The predicted octanol–water partition coefficient (Wildman–Crippen LogP) is 3.76. The van der Waals surface area contributed by atoms with Crippen LogP contribution in [0.2, 0.25) is 0 Å². The second-order valence-electron chi connectivity index (χ2n) is 7.39. The number of likely N-dealkylation sites (tertiary alicyclic amines) is 1. The lowest BCUT2D eigenvalue weighted by Crippen LogP contribution is -2.43. The molecule has 2 unspecified atom stereocenters. The highest BCUT2D eigenvalue weighted by molar-refractivity contribution is 7.09. The van der Waals surface area contributed by atoms with Gasteiger partial charge in [0.1, 0.15) is 10.8 Å². The number of nitrogens with zero attached hydrogens (tertiary/aromatic N) is 2. The fraction of sp³-hybridized carbons (Fsp3) is 0.500. The Morgan fingerprint density at radius 2 is 2.12 bits per heavy atom. The molecule has 0 radical (unpaired) electrons. The van der Waals surface area contributed by atoms with Gasteiger partial charge in [0, 0.05) is 30.6 Å². The normalized spacial score (nSPS) is 22.1. The summed E-state index contributed by atoms with van der Waals surface area (Å²) in [7, 11) is 0. The summed E-state index contributed by atoms with van der Waals surface area (Å²) >= 11 is 1.62. The number of piperidine rings is 1. The molecule has 138 valence electrons. The van der Waals surface area contributed by atoms with Crippen molar-refractivity contribution in [2.45, 2.75) is 38.3 Å². The van der Waals surface area contributed by atoms with E-state index in [1.54, 1.807) is 11.3 Å². The van der Waals surface area contributed by atoms with Gasteiger partial charge in [-0.15, -0.1) is 11.3 Å². The molecular formula is C20H24FN3OS. The van der Waals surface area contributed by atoms with E-state index in [0.717, 1.165) is 55.9 Å². The number of amides is 1. The van der Waals surface area contributed by atoms with Crippen molar-refractivity contribution in [3.8, 4) is 0 Å². The molecule has 2 heterocycles. The molecule has 4 rings (SSSR count).